The van der Waals surface area contributed by atoms with E-state index in [9.17, 15) is 0 Å². The van der Waals surface area contributed by atoms with E-state index in [0.717, 1.165) is 0 Å². The molecule has 0 amide bonds. The van der Waals surface area contributed by atoms with Crippen molar-refractivity contribution in [3.05, 3.63) is 0 Å². The normalized spacial score (nSPS) is 13.2. The molecular weight excluding hydrogens is 158 g/mol. The van der Waals surface area contributed by atoms with Crippen LogP contribution < -0.4 is 4.90 Å². The van der Waals surface area contributed by atoms with Crippen LogP contribution in [-0.2, 0) is 0 Å². The van der Waals surface area contributed by atoms with E-state index in [4.69, 9.17) is 0 Å². The Labute approximate surface area is 84.5 Å². The van der Waals surface area contributed by atoms with E-state index in [0.29, 0.717) is 0 Å². The highest BCUT2D eigenvalue weighted by atomic mass is 15.1. The van der Waals surface area contributed by atoms with Crippen LogP contribution in [0, 0.1) is 0 Å². The molecule has 0 aromatic heterocycles. The Balaban J connectivity index is 3.05. The van der Waals surface area contributed by atoms with Crippen molar-refractivity contribution in [3.8, 4) is 0 Å². The number of rotatable bonds is 9. The molecule has 80 valence electrons. The van der Waals surface area contributed by atoms with Crippen LogP contribution in [0.1, 0.15) is 58.8 Å². The van der Waals surface area contributed by atoms with Gasteiger partial charge in [0.15, 0.2) is 0 Å². The van der Waals surface area contributed by atoms with Gasteiger partial charge < -0.3 is 4.90 Å². The SMILES string of the molecule is CCCCCC[NH+](C)CCCCC. The van der Waals surface area contributed by atoms with Crippen molar-refractivity contribution >= 4 is 0 Å². The van der Waals surface area contributed by atoms with Gasteiger partial charge in [-0.15, -0.1) is 0 Å². The molecule has 0 bridgehead atoms. The predicted molar refractivity (Wildman–Crippen MR) is 60.3 cm³/mol. The van der Waals surface area contributed by atoms with Gasteiger partial charge in [0.2, 0.25) is 0 Å². The average molecular weight is 186 g/mol. The fourth-order valence-corrected chi connectivity index (χ4v) is 1.66. The summed E-state index contributed by atoms with van der Waals surface area (Å²) in [7, 11) is 2.33. The maximum absolute atomic E-state index is 2.33. The van der Waals surface area contributed by atoms with E-state index < -0.39 is 0 Å². The second-order valence-corrected chi connectivity index (χ2v) is 4.22. The third-order valence-electron chi connectivity index (χ3n) is 2.66. The summed E-state index contributed by atoms with van der Waals surface area (Å²) in [6.07, 6.45) is 9.80. The monoisotopic (exact) mass is 186 g/mol. The Kier molecular flexibility index (Phi) is 10.0. The van der Waals surface area contributed by atoms with E-state index in [2.05, 4.69) is 20.9 Å². The molecule has 0 aromatic rings. The minimum absolute atomic E-state index is 1.35. The summed E-state index contributed by atoms with van der Waals surface area (Å²) in [4.78, 5) is 1.73. The van der Waals surface area contributed by atoms with Gasteiger partial charge in [0.1, 0.15) is 0 Å². The van der Waals surface area contributed by atoms with Crippen molar-refractivity contribution in [1.29, 1.82) is 0 Å². The number of hydrogen-bond acceptors (Lipinski definition) is 0. The van der Waals surface area contributed by atoms with Crippen LogP contribution >= 0.6 is 0 Å². The van der Waals surface area contributed by atoms with E-state index >= 15 is 0 Å². The van der Waals surface area contributed by atoms with Crippen molar-refractivity contribution in [3.63, 3.8) is 0 Å². The summed E-state index contributed by atoms with van der Waals surface area (Å²) in [5.41, 5.74) is 0. The molecule has 0 fully saturated rings. The summed E-state index contributed by atoms with van der Waals surface area (Å²) in [6, 6.07) is 0. The Bertz CT molecular complexity index is 91.1. The summed E-state index contributed by atoms with van der Waals surface area (Å²) in [5.74, 6) is 0. The first-order chi connectivity index (χ1) is 6.31. The third kappa shape index (κ3) is 9.88. The molecule has 0 spiro atoms. The highest BCUT2D eigenvalue weighted by molar-refractivity contribution is 4.39. The highest BCUT2D eigenvalue weighted by Crippen LogP contribution is 1.96. The molecule has 1 heteroatoms. The molecular formula is C12H28N+. The molecule has 13 heavy (non-hydrogen) atoms. The minimum Gasteiger partial charge on any atom is -0.337 e. The molecule has 1 unspecified atom stereocenters. The van der Waals surface area contributed by atoms with Crippen molar-refractivity contribution in [1.82, 2.24) is 0 Å². The van der Waals surface area contributed by atoms with Gasteiger partial charge in [-0.25, -0.2) is 0 Å². The van der Waals surface area contributed by atoms with E-state index in [1.165, 1.54) is 58.0 Å². The van der Waals surface area contributed by atoms with Gasteiger partial charge >= 0.3 is 0 Å². The lowest BCUT2D eigenvalue weighted by atomic mass is 10.2. The first kappa shape index (κ1) is 13.0. The Morgan fingerprint density at radius 2 is 1.15 bits per heavy atom. The number of hydrogen-bond donors (Lipinski definition) is 1. The van der Waals surface area contributed by atoms with E-state index in [1.807, 2.05) is 0 Å². The summed E-state index contributed by atoms with van der Waals surface area (Å²) >= 11 is 0. The molecule has 0 saturated carbocycles. The predicted octanol–water partition coefficient (Wildman–Crippen LogP) is 2.27. The molecule has 0 rings (SSSR count). The molecule has 0 aromatic carbocycles. The van der Waals surface area contributed by atoms with Crippen LogP contribution in [0.2, 0.25) is 0 Å². The quantitative estimate of drug-likeness (QED) is 0.527. The van der Waals surface area contributed by atoms with Gasteiger partial charge in [0, 0.05) is 0 Å². The van der Waals surface area contributed by atoms with Gasteiger partial charge in [-0.05, 0) is 25.7 Å². The molecule has 0 heterocycles. The highest BCUT2D eigenvalue weighted by Gasteiger charge is 1.99. The van der Waals surface area contributed by atoms with Gasteiger partial charge in [-0.2, -0.15) is 0 Å². The van der Waals surface area contributed by atoms with Crippen molar-refractivity contribution in [2.45, 2.75) is 58.8 Å². The molecule has 0 aliphatic heterocycles. The smallest absolute Gasteiger partial charge is 0.0768 e. The zero-order chi connectivity index (χ0) is 9.94. The van der Waals surface area contributed by atoms with Crippen LogP contribution in [0.25, 0.3) is 0 Å². The molecule has 1 nitrogen and oxygen atoms in total. The average Bonchev–Trinajstić information content (AvgIpc) is 2.13. The Hall–Kier alpha value is -0.0400. The van der Waals surface area contributed by atoms with Crippen LogP contribution in [0.4, 0.5) is 0 Å². The molecule has 0 aliphatic rings. The van der Waals surface area contributed by atoms with Crippen LogP contribution in [-0.4, -0.2) is 20.1 Å². The maximum Gasteiger partial charge on any atom is 0.0768 e. The minimum atomic E-state index is 1.35. The van der Waals surface area contributed by atoms with Gasteiger partial charge in [0.25, 0.3) is 0 Å². The van der Waals surface area contributed by atoms with Crippen LogP contribution in [0.3, 0.4) is 0 Å². The first-order valence-corrected chi connectivity index (χ1v) is 6.12. The van der Waals surface area contributed by atoms with Gasteiger partial charge in [0.05, 0.1) is 20.1 Å². The second kappa shape index (κ2) is 10.0. The Morgan fingerprint density at radius 3 is 1.69 bits per heavy atom. The zero-order valence-electron chi connectivity index (χ0n) is 9.86. The lowest BCUT2D eigenvalue weighted by Crippen LogP contribution is -3.09. The molecule has 0 saturated heterocycles. The fraction of sp³-hybridized carbons (Fsp3) is 1.00. The summed E-state index contributed by atoms with van der Waals surface area (Å²) < 4.78 is 0. The summed E-state index contributed by atoms with van der Waals surface area (Å²) in [5, 5.41) is 0. The topological polar surface area (TPSA) is 4.44 Å². The maximum atomic E-state index is 2.33. The van der Waals surface area contributed by atoms with Crippen molar-refractivity contribution < 1.29 is 4.90 Å². The van der Waals surface area contributed by atoms with E-state index in [-0.39, 0.29) is 0 Å². The van der Waals surface area contributed by atoms with Crippen LogP contribution in [0.15, 0.2) is 0 Å². The molecule has 1 N–H and O–H groups in total. The lowest BCUT2D eigenvalue weighted by Gasteiger charge is -2.13. The van der Waals surface area contributed by atoms with E-state index in [1.54, 1.807) is 4.90 Å². The number of quaternary nitrogens is 1. The third-order valence-corrected chi connectivity index (χ3v) is 2.66. The van der Waals surface area contributed by atoms with Crippen molar-refractivity contribution in [2.24, 2.45) is 0 Å². The van der Waals surface area contributed by atoms with Gasteiger partial charge in [-0.1, -0.05) is 33.1 Å². The number of unbranched alkanes of at least 4 members (excludes halogenated alkanes) is 5. The molecule has 1 atom stereocenters. The number of nitrogens with one attached hydrogen (secondary N) is 1. The second-order valence-electron chi connectivity index (χ2n) is 4.22. The fourth-order valence-electron chi connectivity index (χ4n) is 1.66. The summed E-state index contributed by atoms with van der Waals surface area (Å²) in [6.45, 7) is 7.30. The van der Waals surface area contributed by atoms with Gasteiger partial charge in [-0.3, -0.25) is 0 Å². The zero-order valence-corrected chi connectivity index (χ0v) is 9.86. The first-order valence-electron chi connectivity index (χ1n) is 6.12. The Morgan fingerprint density at radius 1 is 0.692 bits per heavy atom. The largest absolute Gasteiger partial charge is 0.337 e. The molecule has 0 aliphatic carbocycles. The lowest BCUT2D eigenvalue weighted by molar-refractivity contribution is -0.880. The molecule has 0 radical (unpaired) electrons. The van der Waals surface area contributed by atoms with Crippen molar-refractivity contribution in [2.75, 3.05) is 20.1 Å². The van der Waals surface area contributed by atoms with Crippen LogP contribution in [0.5, 0.6) is 0 Å². The standard InChI is InChI=1S/C12H27N/c1-4-6-8-10-12-13(3)11-9-7-5-2/h4-12H2,1-3H3/p+1.